The number of rotatable bonds is 5. The molecule has 1 fully saturated rings. The number of fused-ring (bicyclic) bond motifs is 5. The van der Waals surface area contributed by atoms with E-state index in [2.05, 4.69) is 37.3 Å². The van der Waals surface area contributed by atoms with Gasteiger partial charge in [0.15, 0.2) is 5.82 Å². The van der Waals surface area contributed by atoms with E-state index >= 15 is 0 Å². The van der Waals surface area contributed by atoms with E-state index in [4.69, 9.17) is 9.47 Å². The number of hydrogen-bond donors (Lipinski definition) is 1. The summed E-state index contributed by atoms with van der Waals surface area (Å²) < 4.78 is 13.3. The predicted octanol–water partition coefficient (Wildman–Crippen LogP) is 2.34. The molecule has 8 nitrogen and oxygen atoms in total. The van der Waals surface area contributed by atoms with E-state index < -0.39 is 0 Å². The summed E-state index contributed by atoms with van der Waals surface area (Å²) >= 11 is 1.93. The van der Waals surface area contributed by atoms with Crippen molar-refractivity contribution in [3.63, 3.8) is 0 Å². The van der Waals surface area contributed by atoms with Crippen molar-refractivity contribution in [2.24, 2.45) is 0 Å². The molecule has 0 bridgehead atoms. The van der Waals surface area contributed by atoms with Crippen LogP contribution in [-0.2, 0) is 30.9 Å². The van der Waals surface area contributed by atoms with Gasteiger partial charge in [-0.2, -0.15) is 5.10 Å². The quantitative estimate of drug-likeness (QED) is 0.637. The lowest BCUT2D eigenvalue weighted by Gasteiger charge is -2.32. The number of aromatic nitrogens is 3. The third-order valence-corrected chi connectivity index (χ3v) is 7.82. The maximum absolute atomic E-state index is 5.95. The summed E-state index contributed by atoms with van der Waals surface area (Å²) in [5.74, 6) is 1.90. The molecule has 0 aliphatic carbocycles. The number of hydrogen-bond acceptors (Lipinski definition) is 8. The largest absolute Gasteiger partial charge is 0.497 e. The summed E-state index contributed by atoms with van der Waals surface area (Å²) in [5, 5.41) is 9.28. The number of thiophene rings is 1. The molecule has 0 amide bonds. The van der Waals surface area contributed by atoms with E-state index in [1.807, 2.05) is 28.2 Å². The molecule has 5 heterocycles. The summed E-state index contributed by atoms with van der Waals surface area (Å²) in [5.41, 5.74) is 4.00. The first-order valence-electron chi connectivity index (χ1n) is 11.2. The van der Waals surface area contributed by atoms with Crippen molar-refractivity contribution in [2.75, 3.05) is 44.8 Å². The normalized spacial score (nSPS) is 20.5. The fourth-order valence-electron chi connectivity index (χ4n) is 4.94. The fraction of sp³-hybridized carbons (Fsp3) is 0.478. The van der Waals surface area contributed by atoms with Crippen molar-refractivity contribution >= 4 is 16.3 Å². The molecule has 3 aliphatic heterocycles. The van der Waals surface area contributed by atoms with Gasteiger partial charge in [-0.3, -0.25) is 4.90 Å². The Morgan fingerprint density at radius 3 is 3.00 bits per heavy atom. The number of nitrogens with zero attached hydrogens (tertiary/aromatic N) is 5. The minimum Gasteiger partial charge on any atom is -0.497 e. The summed E-state index contributed by atoms with van der Waals surface area (Å²) in [7, 11) is 1.70. The van der Waals surface area contributed by atoms with E-state index in [9.17, 15) is 0 Å². The van der Waals surface area contributed by atoms with Crippen LogP contribution in [0, 0.1) is 0 Å². The fourth-order valence-corrected chi connectivity index (χ4v) is 6.31. The van der Waals surface area contributed by atoms with Gasteiger partial charge in [-0.1, -0.05) is 12.1 Å². The van der Waals surface area contributed by atoms with E-state index in [0.29, 0.717) is 0 Å². The number of morpholine rings is 1. The second kappa shape index (κ2) is 8.47. The SMILES string of the molecule is COc1ccc(CN2Cn3ncnc3-c3c2sc2c3CCN(CC3CNCCO3)C2)cc1. The molecular weight excluding hydrogens is 424 g/mol. The Hall–Kier alpha value is -2.46. The molecule has 6 rings (SSSR count). The van der Waals surface area contributed by atoms with E-state index in [1.54, 1.807) is 13.4 Å². The van der Waals surface area contributed by atoms with Crippen LogP contribution in [0.4, 0.5) is 5.00 Å². The number of methoxy groups -OCH3 is 1. The van der Waals surface area contributed by atoms with Crippen LogP contribution in [-0.4, -0.2) is 65.7 Å². The van der Waals surface area contributed by atoms with Crippen LogP contribution in [0.5, 0.6) is 5.75 Å². The Morgan fingerprint density at radius 1 is 1.28 bits per heavy atom. The highest BCUT2D eigenvalue weighted by Gasteiger charge is 2.33. The number of anilines is 1. The summed E-state index contributed by atoms with van der Waals surface area (Å²) in [6.07, 6.45) is 3.02. The zero-order valence-corrected chi connectivity index (χ0v) is 19.1. The Morgan fingerprint density at radius 2 is 2.19 bits per heavy atom. The lowest BCUT2D eigenvalue weighted by atomic mass is 10.0. The average molecular weight is 453 g/mol. The first-order chi connectivity index (χ1) is 15.8. The highest BCUT2D eigenvalue weighted by molar-refractivity contribution is 7.17. The van der Waals surface area contributed by atoms with Crippen molar-refractivity contribution in [1.29, 1.82) is 0 Å². The predicted molar refractivity (Wildman–Crippen MR) is 124 cm³/mol. The Kier molecular flexibility index (Phi) is 5.34. The van der Waals surface area contributed by atoms with Crippen LogP contribution in [0.2, 0.25) is 0 Å². The Labute approximate surface area is 191 Å². The van der Waals surface area contributed by atoms with Crippen molar-refractivity contribution in [2.45, 2.75) is 32.3 Å². The van der Waals surface area contributed by atoms with Crippen LogP contribution in [0.3, 0.4) is 0 Å². The minimum atomic E-state index is 0.287. The first-order valence-corrected chi connectivity index (χ1v) is 12.1. The monoisotopic (exact) mass is 452 g/mol. The lowest BCUT2D eigenvalue weighted by molar-refractivity contribution is 0.00327. The van der Waals surface area contributed by atoms with Crippen molar-refractivity contribution < 1.29 is 9.47 Å². The highest BCUT2D eigenvalue weighted by atomic mass is 32.1. The molecule has 1 N–H and O–H groups in total. The zero-order valence-electron chi connectivity index (χ0n) is 18.3. The van der Waals surface area contributed by atoms with Gasteiger partial charge in [0.2, 0.25) is 0 Å². The molecule has 1 aromatic carbocycles. The van der Waals surface area contributed by atoms with Gasteiger partial charge in [-0.15, -0.1) is 11.3 Å². The molecule has 1 saturated heterocycles. The third-order valence-electron chi connectivity index (χ3n) is 6.55. The van der Waals surface area contributed by atoms with Gasteiger partial charge >= 0.3 is 0 Å². The van der Waals surface area contributed by atoms with Gasteiger partial charge in [0, 0.05) is 44.1 Å². The summed E-state index contributed by atoms with van der Waals surface area (Å²) in [6, 6.07) is 8.34. The Balaban J connectivity index is 1.28. The zero-order chi connectivity index (χ0) is 21.5. The smallest absolute Gasteiger partial charge is 0.163 e. The maximum atomic E-state index is 5.95. The molecule has 0 saturated carbocycles. The van der Waals surface area contributed by atoms with E-state index in [0.717, 1.165) is 70.5 Å². The summed E-state index contributed by atoms with van der Waals surface area (Å²) in [4.78, 5) is 11.1. The van der Waals surface area contributed by atoms with E-state index in [-0.39, 0.29) is 6.10 Å². The highest BCUT2D eigenvalue weighted by Crippen LogP contribution is 2.47. The van der Waals surface area contributed by atoms with Gasteiger partial charge in [-0.25, -0.2) is 9.67 Å². The van der Waals surface area contributed by atoms with Crippen LogP contribution in [0.1, 0.15) is 16.0 Å². The maximum Gasteiger partial charge on any atom is 0.163 e. The molecule has 3 aliphatic rings. The second-order valence-corrected chi connectivity index (χ2v) is 9.72. The first kappa shape index (κ1) is 20.2. The van der Waals surface area contributed by atoms with Gasteiger partial charge < -0.3 is 19.7 Å². The van der Waals surface area contributed by atoms with Crippen LogP contribution >= 0.6 is 11.3 Å². The molecule has 1 atom stereocenters. The number of nitrogens with one attached hydrogen (secondary N) is 1. The van der Waals surface area contributed by atoms with Crippen LogP contribution < -0.4 is 15.0 Å². The van der Waals surface area contributed by atoms with Crippen molar-refractivity contribution in [3.05, 3.63) is 46.6 Å². The van der Waals surface area contributed by atoms with Gasteiger partial charge in [0.25, 0.3) is 0 Å². The number of ether oxygens (including phenoxy) is 2. The summed E-state index contributed by atoms with van der Waals surface area (Å²) in [6.45, 7) is 7.31. The molecular formula is C23H28N6O2S. The number of benzene rings is 1. The second-order valence-electron chi connectivity index (χ2n) is 8.64. The van der Waals surface area contributed by atoms with Crippen molar-refractivity contribution in [1.82, 2.24) is 25.0 Å². The molecule has 1 unspecified atom stereocenters. The Bertz CT molecular complexity index is 1090. The average Bonchev–Trinajstić information content (AvgIpc) is 3.44. The molecule has 32 heavy (non-hydrogen) atoms. The lowest BCUT2D eigenvalue weighted by Crippen LogP contribution is -2.46. The molecule has 2 aromatic heterocycles. The molecule has 3 aromatic rings. The van der Waals surface area contributed by atoms with Crippen LogP contribution in [0.15, 0.2) is 30.6 Å². The van der Waals surface area contributed by atoms with Crippen LogP contribution in [0.25, 0.3) is 11.4 Å². The molecule has 168 valence electrons. The molecule has 0 spiro atoms. The topological polar surface area (TPSA) is 67.7 Å². The standard InChI is InChI=1S/C23H28N6O2S/c1-30-17-4-2-16(3-5-17)11-28-15-29-22(25-14-26-29)21-19-6-8-27(13-20(19)32-23(21)28)12-18-10-24-7-9-31-18/h2-5,14,18,24H,6-13,15H2,1H3. The minimum absolute atomic E-state index is 0.287. The van der Waals surface area contributed by atoms with Gasteiger partial charge in [0.1, 0.15) is 23.7 Å². The third kappa shape index (κ3) is 3.69. The van der Waals surface area contributed by atoms with E-state index in [1.165, 1.54) is 26.6 Å². The van der Waals surface area contributed by atoms with Gasteiger partial charge in [-0.05, 0) is 29.7 Å². The molecule has 0 radical (unpaired) electrons. The molecule has 9 heteroatoms. The van der Waals surface area contributed by atoms with Gasteiger partial charge in [0.05, 0.1) is 25.4 Å². The van der Waals surface area contributed by atoms with Crippen molar-refractivity contribution in [3.8, 4) is 17.1 Å².